The Balaban J connectivity index is 1.89. The van der Waals surface area contributed by atoms with Gasteiger partial charge in [-0.15, -0.1) is 0 Å². The smallest absolute Gasteiger partial charge is 0.259 e. The zero-order valence-corrected chi connectivity index (χ0v) is 12.8. The predicted octanol–water partition coefficient (Wildman–Crippen LogP) is 1.12. The van der Waals surface area contributed by atoms with Gasteiger partial charge < -0.3 is 9.80 Å². The number of carbonyl (C=O) groups excluding carboxylic acids is 1. The fourth-order valence-corrected chi connectivity index (χ4v) is 2.86. The molecule has 3 rings (SSSR count). The van der Waals surface area contributed by atoms with E-state index in [9.17, 15) is 4.79 Å². The van der Waals surface area contributed by atoms with Crippen molar-refractivity contribution in [3.8, 4) is 0 Å². The average molecular weight is 287 g/mol. The molecule has 6 heteroatoms. The molecule has 0 saturated carbocycles. The van der Waals surface area contributed by atoms with Crippen LogP contribution in [-0.4, -0.2) is 63.0 Å². The Bertz CT molecular complexity index is 670. The molecule has 2 aromatic heterocycles. The van der Waals surface area contributed by atoms with Crippen LogP contribution < -0.4 is 0 Å². The molecule has 3 heterocycles. The van der Waals surface area contributed by atoms with E-state index in [1.54, 1.807) is 10.7 Å². The summed E-state index contributed by atoms with van der Waals surface area (Å²) in [6, 6.07) is 1.97. The number of likely N-dealkylation sites (N-methyl/N-ethyl adjacent to an activating group) is 1. The third-order valence-electron chi connectivity index (χ3n) is 4.12. The van der Waals surface area contributed by atoms with Gasteiger partial charge in [-0.25, -0.2) is 9.50 Å². The van der Waals surface area contributed by atoms with E-state index in [0.29, 0.717) is 11.2 Å². The number of fused-ring (bicyclic) bond motifs is 1. The van der Waals surface area contributed by atoms with Gasteiger partial charge >= 0.3 is 0 Å². The quantitative estimate of drug-likeness (QED) is 0.831. The Morgan fingerprint density at radius 1 is 1.24 bits per heavy atom. The van der Waals surface area contributed by atoms with Crippen LogP contribution in [0.3, 0.4) is 0 Å². The lowest BCUT2D eigenvalue weighted by Gasteiger charge is -2.33. The molecule has 0 atom stereocenters. The number of amides is 1. The van der Waals surface area contributed by atoms with Crippen molar-refractivity contribution in [2.45, 2.75) is 20.8 Å². The maximum absolute atomic E-state index is 12.7. The summed E-state index contributed by atoms with van der Waals surface area (Å²) < 4.78 is 1.74. The summed E-state index contributed by atoms with van der Waals surface area (Å²) in [6.45, 7) is 10.5. The van der Waals surface area contributed by atoms with Gasteiger partial charge in [-0.05, 0) is 26.5 Å². The van der Waals surface area contributed by atoms with Crippen molar-refractivity contribution in [2.24, 2.45) is 0 Å². The van der Waals surface area contributed by atoms with Crippen LogP contribution in [-0.2, 0) is 0 Å². The second kappa shape index (κ2) is 5.44. The number of piperazine rings is 1. The first-order valence-corrected chi connectivity index (χ1v) is 7.43. The van der Waals surface area contributed by atoms with Crippen LogP contribution in [0.4, 0.5) is 0 Å². The Morgan fingerprint density at radius 3 is 2.62 bits per heavy atom. The molecular formula is C15H21N5O. The van der Waals surface area contributed by atoms with E-state index in [-0.39, 0.29) is 5.91 Å². The largest absolute Gasteiger partial charge is 0.336 e. The number of carbonyl (C=O) groups is 1. The minimum atomic E-state index is 0.0400. The summed E-state index contributed by atoms with van der Waals surface area (Å²) in [5, 5.41) is 4.30. The molecule has 0 radical (unpaired) electrons. The van der Waals surface area contributed by atoms with Gasteiger partial charge in [0.25, 0.3) is 5.91 Å². The first-order chi connectivity index (χ1) is 10.1. The minimum Gasteiger partial charge on any atom is -0.336 e. The van der Waals surface area contributed by atoms with E-state index in [4.69, 9.17) is 0 Å². The topological polar surface area (TPSA) is 53.7 Å². The Labute approximate surface area is 124 Å². The summed E-state index contributed by atoms with van der Waals surface area (Å²) in [7, 11) is 0. The zero-order chi connectivity index (χ0) is 15.0. The number of hydrogen-bond donors (Lipinski definition) is 0. The molecular weight excluding hydrogens is 266 g/mol. The van der Waals surface area contributed by atoms with E-state index < -0.39 is 0 Å². The molecule has 0 bridgehead atoms. The van der Waals surface area contributed by atoms with Gasteiger partial charge in [-0.1, -0.05) is 6.92 Å². The molecule has 1 aliphatic rings. The molecule has 6 nitrogen and oxygen atoms in total. The molecule has 1 amide bonds. The number of aryl methyl sites for hydroxylation is 2. The molecule has 21 heavy (non-hydrogen) atoms. The second-order valence-corrected chi connectivity index (χ2v) is 5.56. The van der Waals surface area contributed by atoms with Crippen LogP contribution in [0.25, 0.3) is 5.65 Å². The van der Waals surface area contributed by atoms with E-state index in [1.807, 2.05) is 24.8 Å². The third kappa shape index (κ3) is 2.51. The highest BCUT2D eigenvalue weighted by Crippen LogP contribution is 2.15. The first-order valence-electron chi connectivity index (χ1n) is 7.43. The summed E-state index contributed by atoms with van der Waals surface area (Å²) >= 11 is 0. The first kappa shape index (κ1) is 14.0. The van der Waals surface area contributed by atoms with Crippen LogP contribution >= 0.6 is 0 Å². The number of aromatic nitrogens is 3. The Morgan fingerprint density at radius 2 is 1.95 bits per heavy atom. The normalized spacial score (nSPS) is 16.6. The van der Waals surface area contributed by atoms with Crippen molar-refractivity contribution in [1.29, 1.82) is 0 Å². The predicted molar refractivity (Wildman–Crippen MR) is 80.5 cm³/mol. The van der Waals surface area contributed by atoms with Crippen LogP contribution in [0.5, 0.6) is 0 Å². The van der Waals surface area contributed by atoms with Crippen molar-refractivity contribution >= 4 is 11.6 Å². The van der Waals surface area contributed by atoms with Crippen molar-refractivity contribution < 1.29 is 4.79 Å². The molecule has 1 saturated heterocycles. The summed E-state index contributed by atoms with van der Waals surface area (Å²) in [5.41, 5.74) is 3.17. The highest BCUT2D eigenvalue weighted by Gasteiger charge is 2.24. The van der Waals surface area contributed by atoms with Gasteiger partial charge in [0, 0.05) is 37.6 Å². The molecule has 0 spiro atoms. The SMILES string of the molecule is CCN1CCN(C(=O)c2cnn3c(C)cc(C)nc23)CC1. The van der Waals surface area contributed by atoms with E-state index in [0.717, 1.165) is 44.1 Å². The molecule has 0 unspecified atom stereocenters. The van der Waals surface area contributed by atoms with E-state index in [1.165, 1.54) is 0 Å². The average Bonchev–Trinajstić information content (AvgIpc) is 2.90. The molecule has 0 aliphatic carbocycles. The lowest BCUT2D eigenvalue weighted by atomic mass is 10.2. The monoisotopic (exact) mass is 287 g/mol. The third-order valence-corrected chi connectivity index (χ3v) is 4.12. The summed E-state index contributed by atoms with van der Waals surface area (Å²) in [5.74, 6) is 0.0400. The van der Waals surface area contributed by atoms with Crippen LogP contribution in [0.15, 0.2) is 12.3 Å². The van der Waals surface area contributed by atoms with Gasteiger partial charge in [0.05, 0.1) is 6.20 Å². The highest BCUT2D eigenvalue weighted by molar-refractivity contribution is 5.99. The fraction of sp³-hybridized carbons (Fsp3) is 0.533. The Hall–Kier alpha value is -1.95. The molecule has 2 aromatic rings. The van der Waals surface area contributed by atoms with Crippen molar-refractivity contribution in [1.82, 2.24) is 24.4 Å². The maximum Gasteiger partial charge on any atom is 0.259 e. The van der Waals surface area contributed by atoms with Crippen molar-refractivity contribution in [2.75, 3.05) is 32.7 Å². The lowest BCUT2D eigenvalue weighted by Crippen LogP contribution is -2.48. The molecule has 112 valence electrons. The van der Waals surface area contributed by atoms with Crippen molar-refractivity contribution in [3.05, 3.63) is 29.2 Å². The second-order valence-electron chi connectivity index (χ2n) is 5.56. The fourth-order valence-electron chi connectivity index (χ4n) is 2.86. The zero-order valence-electron chi connectivity index (χ0n) is 12.8. The highest BCUT2D eigenvalue weighted by atomic mass is 16.2. The lowest BCUT2D eigenvalue weighted by molar-refractivity contribution is 0.0645. The van der Waals surface area contributed by atoms with Gasteiger partial charge in [-0.3, -0.25) is 4.79 Å². The van der Waals surface area contributed by atoms with Gasteiger partial charge in [0.15, 0.2) is 5.65 Å². The summed E-state index contributed by atoms with van der Waals surface area (Å²) in [6.07, 6.45) is 1.64. The molecule has 1 fully saturated rings. The molecule has 0 aromatic carbocycles. The number of rotatable bonds is 2. The minimum absolute atomic E-state index is 0.0400. The van der Waals surface area contributed by atoms with Gasteiger partial charge in [-0.2, -0.15) is 5.10 Å². The van der Waals surface area contributed by atoms with Crippen LogP contribution in [0, 0.1) is 13.8 Å². The molecule has 1 aliphatic heterocycles. The number of hydrogen-bond acceptors (Lipinski definition) is 4. The van der Waals surface area contributed by atoms with Crippen molar-refractivity contribution in [3.63, 3.8) is 0 Å². The molecule has 0 N–H and O–H groups in total. The standard InChI is InChI=1S/C15H21N5O/c1-4-18-5-7-19(8-6-18)15(21)13-10-16-20-12(3)9-11(2)17-14(13)20/h9-10H,4-8H2,1-3H3. The van der Waals surface area contributed by atoms with Crippen LogP contribution in [0.2, 0.25) is 0 Å². The van der Waals surface area contributed by atoms with Gasteiger partial charge in [0.1, 0.15) is 5.56 Å². The summed E-state index contributed by atoms with van der Waals surface area (Å²) in [4.78, 5) is 21.5. The van der Waals surface area contributed by atoms with Gasteiger partial charge in [0.2, 0.25) is 0 Å². The van der Waals surface area contributed by atoms with Crippen LogP contribution in [0.1, 0.15) is 28.7 Å². The number of nitrogens with zero attached hydrogens (tertiary/aromatic N) is 5. The Kier molecular flexibility index (Phi) is 3.63. The van der Waals surface area contributed by atoms with E-state index in [2.05, 4.69) is 21.9 Å². The van der Waals surface area contributed by atoms with E-state index >= 15 is 0 Å². The maximum atomic E-state index is 12.7.